The highest BCUT2D eigenvalue weighted by Crippen LogP contribution is 2.29. The molecule has 236 valence electrons. The number of aliphatic hydroxyl groups excluding tert-OH is 1. The number of allylic oxidation sites excluding steroid dienone is 1. The quantitative estimate of drug-likeness (QED) is 0.137. The number of ether oxygens (including phenoxy) is 2. The second-order valence-electron chi connectivity index (χ2n) is 12.5. The Balaban J connectivity index is 0.00000259. The number of aryl methyl sites for hydroxylation is 3. The van der Waals surface area contributed by atoms with Crippen LogP contribution in [0.1, 0.15) is 87.8 Å². The van der Waals surface area contributed by atoms with E-state index in [0.717, 1.165) is 59.8 Å². The van der Waals surface area contributed by atoms with Gasteiger partial charge in [-0.15, -0.1) is 0 Å². The summed E-state index contributed by atoms with van der Waals surface area (Å²) in [7, 11) is 1.00. The maximum atomic E-state index is 12.5. The molecule has 44 heavy (non-hydrogen) atoms. The van der Waals surface area contributed by atoms with Crippen molar-refractivity contribution in [3.63, 3.8) is 0 Å². The number of furan rings is 1. The van der Waals surface area contributed by atoms with Gasteiger partial charge < -0.3 is 19.0 Å². The Kier molecular flexibility index (Phi) is 13.3. The number of aliphatic hydroxyl groups is 1. The number of cyclic esters (lactones) is 1. The van der Waals surface area contributed by atoms with Gasteiger partial charge in [0.05, 0.1) is 6.42 Å². The fourth-order valence-electron chi connectivity index (χ4n) is 5.63. The van der Waals surface area contributed by atoms with Gasteiger partial charge in [0.25, 0.3) is 0 Å². The molecular weight excluding hydrogens is 552 g/mol. The van der Waals surface area contributed by atoms with E-state index in [1.807, 2.05) is 43.3 Å². The monoisotopic (exact) mass is 600 g/mol. The van der Waals surface area contributed by atoms with Crippen LogP contribution < -0.4 is 0 Å². The molecule has 1 fully saturated rings. The zero-order valence-corrected chi connectivity index (χ0v) is 27.4. The van der Waals surface area contributed by atoms with Gasteiger partial charge in [-0.2, -0.15) is 0 Å². The normalized spacial score (nSPS) is 15.4. The molecule has 0 saturated carbocycles. The molecule has 1 unspecified atom stereocenters. The number of benzene rings is 2. The van der Waals surface area contributed by atoms with Crippen LogP contribution in [0.15, 0.2) is 58.5 Å². The molecule has 2 aromatic carbocycles. The molecule has 1 aliphatic heterocycles. The third-order valence-electron chi connectivity index (χ3n) is 7.71. The van der Waals surface area contributed by atoms with Crippen molar-refractivity contribution < 1.29 is 28.6 Å². The lowest BCUT2D eigenvalue weighted by atomic mass is 9.86. The topological polar surface area (TPSA) is 86.0 Å². The first-order valence-electron chi connectivity index (χ1n) is 15.7. The fraction of sp³-hybridized carbons (Fsp3) is 0.474. The molecule has 0 spiro atoms. The largest absolute Gasteiger partial charge is 0.462 e. The lowest BCUT2D eigenvalue weighted by Gasteiger charge is -2.19. The average Bonchev–Trinajstić information content (AvgIpc) is 3.51. The summed E-state index contributed by atoms with van der Waals surface area (Å²) in [5, 5.41) is 8.00. The predicted molar refractivity (Wildman–Crippen MR) is 175 cm³/mol. The van der Waals surface area contributed by atoms with Crippen LogP contribution in [0.4, 0.5) is 0 Å². The molecule has 1 N–H and O–H groups in total. The molecule has 0 amide bonds. The summed E-state index contributed by atoms with van der Waals surface area (Å²) in [6, 6.07) is 14.1. The Hall–Kier alpha value is -3.82. The van der Waals surface area contributed by atoms with Gasteiger partial charge in [0.1, 0.15) is 24.1 Å². The van der Waals surface area contributed by atoms with Crippen molar-refractivity contribution in [3.05, 3.63) is 82.1 Å². The van der Waals surface area contributed by atoms with E-state index in [-0.39, 0.29) is 25.0 Å². The summed E-state index contributed by atoms with van der Waals surface area (Å²) in [6.45, 7) is 13.1. The molecule has 0 bridgehead atoms. The van der Waals surface area contributed by atoms with Gasteiger partial charge in [-0.3, -0.25) is 4.79 Å². The number of hydrogen-bond acceptors (Lipinski definition) is 6. The Morgan fingerprint density at radius 2 is 1.64 bits per heavy atom. The first kappa shape index (κ1) is 34.7. The first-order chi connectivity index (χ1) is 21.1. The van der Waals surface area contributed by atoms with E-state index in [4.69, 9.17) is 19.0 Å². The summed E-state index contributed by atoms with van der Waals surface area (Å²) in [5.41, 5.74) is 5.57. The van der Waals surface area contributed by atoms with Gasteiger partial charge in [-0.1, -0.05) is 63.3 Å². The summed E-state index contributed by atoms with van der Waals surface area (Å²) in [4.78, 5) is 25.0. The molecule has 1 saturated heterocycles. The molecule has 0 radical (unpaired) electrons. The van der Waals surface area contributed by atoms with E-state index in [1.54, 1.807) is 0 Å². The molecule has 2 heterocycles. The standard InChI is InChI=1S/C37H44O5.CH4O/c1-24(2)19-30(20-25(3)4)13-15-31-22-32(41-37(31)39)23-40-36(38)18-17-34-27(6)33-21-29(14-16-35(33)42-34)12-11-28-9-7-26(5)8-10-28;1-2/h7-10,14-16,21,24-25,30,32H,13,17-20,22-23H2,1-6H3;2H,1H3/b31-15+;. The number of esters is 2. The van der Waals surface area contributed by atoms with Gasteiger partial charge in [-0.25, -0.2) is 4.79 Å². The SMILES string of the molecule is CO.Cc1ccc(C#Cc2ccc3oc(CCC(=O)OCC4C/C(=C\CC(CC(C)C)CC(C)C)C(=O)O4)c(C)c3c2)cc1. The highest BCUT2D eigenvalue weighted by Gasteiger charge is 2.30. The molecule has 6 nitrogen and oxygen atoms in total. The Bertz CT molecular complexity index is 1470. The highest BCUT2D eigenvalue weighted by molar-refractivity contribution is 5.90. The summed E-state index contributed by atoms with van der Waals surface area (Å²) >= 11 is 0. The molecule has 1 atom stereocenters. The molecule has 1 aromatic heterocycles. The molecule has 1 aliphatic rings. The molecule has 3 aromatic rings. The van der Waals surface area contributed by atoms with Gasteiger partial charge in [0, 0.05) is 42.0 Å². The van der Waals surface area contributed by atoms with Gasteiger partial charge in [0.15, 0.2) is 0 Å². The first-order valence-corrected chi connectivity index (χ1v) is 15.7. The minimum absolute atomic E-state index is 0.0749. The van der Waals surface area contributed by atoms with Crippen LogP contribution in [0, 0.1) is 43.4 Å². The van der Waals surface area contributed by atoms with Crippen LogP contribution >= 0.6 is 0 Å². The number of hydrogen-bond donors (Lipinski definition) is 1. The van der Waals surface area contributed by atoms with Crippen molar-refractivity contribution in [1.82, 2.24) is 0 Å². The van der Waals surface area contributed by atoms with E-state index in [2.05, 4.69) is 58.6 Å². The zero-order valence-electron chi connectivity index (χ0n) is 27.4. The van der Waals surface area contributed by atoms with E-state index in [9.17, 15) is 9.59 Å². The van der Waals surface area contributed by atoms with Crippen molar-refractivity contribution in [1.29, 1.82) is 0 Å². The van der Waals surface area contributed by atoms with E-state index >= 15 is 0 Å². The van der Waals surface area contributed by atoms with Crippen LogP contribution in [0.3, 0.4) is 0 Å². The van der Waals surface area contributed by atoms with E-state index in [1.165, 1.54) is 5.56 Å². The van der Waals surface area contributed by atoms with Crippen LogP contribution in [0.25, 0.3) is 11.0 Å². The van der Waals surface area contributed by atoms with Crippen molar-refractivity contribution in [2.75, 3.05) is 13.7 Å². The van der Waals surface area contributed by atoms with Crippen LogP contribution in [0.2, 0.25) is 0 Å². The maximum absolute atomic E-state index is 12.5. The summed E-state index contributed by atoms with van der Waals surface area (Å²) in [6.07, 6.45) is 5.91. The van der Waals surface area contributed by atoms with Crippen molar-refractivity contribution in [3.8, 4) is 11.8 Å². The average molecular weight is 601 g/mol. The van der Waals surface area contributed by atoms with Gasteiger partial charge >= 0.3 is 11.9 Å². The Labute approximate surface area is 262 Å². The van der Waals surface area contributed by atoms with Crippen LogP contribution in [0.5, 0.6) is 0 Å². The summed E-state index contributed by atoms with van der Waals surface area (Å²) < 4.78 is 17.0. The van der Waals surface area contributed by atoms with E-state index in [0.29, 0.717) is 36.2 Å². The molecule has 0 aliphatic carbocycles. The van der Waals surface area contributed by atoms with Crippen LogP contribution in [-0.4, -0.2) is 36.9 Å². The van der Waals surface area contributed by atoms with Crippen molar-refractivity contribution in [2.24, 2.45) is 17.8 Å². The zero-order chi connectivity index (χ0) is 32.2. The summed E-state index contributed by atoms with van der Waals surface area (Å²) in [5.74, 6) is 8.39. The number of carbonyl (C=O) groups excluding carboxylic acids is 2. The smallest absolute Gasteiger partial charge is 0.334 e. The minimum Gasteiger partial charge on any atom is -0.462 e. The van der Waals surface area contributed by atoms with Crippen molar-refractivity contribution in [2.45, 2.75) is 86.2 Å². The number of rotatable bonds is 11. The third kappa shape index (κ3) is 10.4. The Morgan fingerprint density at radius 3 is 2.30 bits per heavy atom. The highest BCUT2D eigenvalue weighted by atomic mass is 16.6. The predicted octanol–water partition coefficient (Wildman–Crippen LogP) is 7.87. The maximum Gasteiger partial charge on any atom is 0.334 e. The van der Waals surface area contributed by atoms with Gasteiger partial charge in [-0.05, 0) is 86.8 Å². The lowest BCUT2D eigenvalue weighted by Crippen LogP contribution is -2.18. The molecule has 6 heteroatoms. The third-order valence-corrected chi connectivity index (χ3v) is 7.71. The number of fused-ring (bicyclic) bond motifs is 1. The second kappa shape index (κ2) is 16.9. The van der Waals surface area contributed by atoms with Crippen LogP contribution in [-0.2, 0) is 25.5 Å². The molecular formula is C38H48O6. The lowest BCUT2D eigenvalue weighted by molar-refractivity contribution is -0.152. The number of carbonyl (C=O) groups is 2. The van der Waals surface area contributed by atoms with Gasteiger partial charge in [0.2, 0.25) is 0 Å². The van der Waals surface area contributed by atoms with Crippen molar-refractivity contribution >= 4 is 22.9 Å². The fourth-order valence-corrected chi connectivity index (χ4v) is 5.63. The second-order valence-corrected chi connectivity index (χ2v) is 12.5. The van der Waals surface area contributed by atoms with E-state index < -0.39 is 6.10 Å². The minimum atomic E-state index is -0.422. The molecule has 4 rings (SSSR count). The Morgan fingerprint density at radius 1 is 1.00 bits per heavy atom.